The second-order valence-corrected chi connectivity index (χ2v) is 6.09. The van der Waals surface area contributed by atoms with Gasteiger partial charge in [-0.2, -0.15) is 5.01 Å². The SMILES string of the molecule is O=NN1c2ccc(-c3c(Cl)cccc3OCC3CC3(F)F)cc21. The molecular formula is C16H11ClF2N2O2. The number of anilines is 2. The zero-order chi connectivity index (χ0) is 16.2. The molecule has 2 aromatic carbocycles. The molecule has 0 amide bonds. The molecule has 4 nitrogen and oxygen atoms in total. The largest absolute Gasteiger partial charge is 0.492 e. The fraction of sp³-hybridized carbons (Fsp3) is 0.250. The van der Waals surface area contributed by atoms with E-state index in [4.69, 9.17) is 16.3 Å². The predicted molar refractivity (Wildman–Crippen MR) is 83.4 cm³/mol. The van der Waals surface area contributed by atoms with Crippen LogP contribution in [-0.4, -0.2) is 12.5 Å². The molecule has 1 aliphatic heterocycles. The van der Waals surface area contributed by atoms with Crippen LogP contribution in [-0.2, 0) is 0 Å². The van der Waals surface area contributed by atoms with E-state index >= 15 is 0 Å². The van der Waals surface area contributed by atoms with Crippen molar-refractivity contribution in [1.82, 2.24) is 0 Å². The van der Waals surface area contributed by atoms with Crippen molar-refractivity contribution in [1.29, 1.82) is 0 Å². The molecule has 1 saturated carbocycles. The molecule has 23 heavy (non-hydrogen) atoms. The highest BCUT2D eigenvalue weighted by Crippen LogP contribution is 2.52. The molecule has 1 unspecified atom stereocenters. The Morgan fingerprint density at radius 1 is 1.30 bits per heavy atom. The minimum Gasteiger partial charge on any atom is -0.492 e. The Morgan fingerprint density at radius 3 is 2.78 bits per heavy atom. The van der Waals surface area contributed by atoms with E-state index in [1.165, 1.54) is 5.01 Å². The number of halogens is 3. The zero-order valence-corrected chi connectivity index (χ0v) is 12.6. The lowest BCUT2D eigenvalue weighted by atomic mass is 10.0. The first kappa shape index (κ1) is 14.4. The fourth-order valence-electron chi connectivity index (χ4n) is 2.63. The molecule has 1 aliphatic carbocycles. The minimum atomic E-state index is -2.62. The highest BCUT2D eigenvalue weighted by Gasteiger charge is 2.57. The number of ether oxygens (including phenoxy) is 1. The summed E-state index contributed by atoms with van der Waals surface area (Å²) in [5.74, 6) is -2.91. The lowest BCUT2D eigenvalue weighted by Gasteiger charge is -2.12. The summed E-state index contributed by atoms with van der Waals surface area (Å²) in [7, 11) is 0. The van der Waals surface area contributed by atoms with Crippen LogP contribution < -0.4 is 9.75 Å². The molecule has 0 spiro atoms. The molecule has 0 saturated heterocycles. The first-order valence-corrected chi connectivity index (χ1v) is 7.46. The van der Waals surface area contributed by atoms with Crippen LogP contribution in [0.25, 0.3) is 11.1 Å². The molecule has 0 N–H and O–H groups in total. The van der Waals surface area contributed by atoms with E-state index in [1.54, 1.807) is 36.4 Å². The van der Waals surface area contributed by atoms with E-state index in [2.05, 4.69) is 5.29 Å². The van der Waals surface area contributed by atoms with E-state index in [9.17, 15) is 13.7 Å². The van der Waals surface area contributed by atoms with E-state index < -0.39 is 11.8 Å². The van der Waals surface area contributed by atoms with Gasteiger partial charge in [-0.3, -0.25) is 0 Å². The lowest BCUT2D eigenvalue weighted by Crippen LogP contribution is -2.06. The smallest absolute Gasteiger partial charge is 0.255 e. The molecule has 1 atom stereocenters. The fourth-order valence-corrected chi connectivity index (χ4v) is 2.90. The van der Waals surface area contributed by atoms with Gasteiger partial charge in [0.05, 0.1) is 34.2 Å². The van der Waals surface area contributed by atoms with Gasteiger partial charge in [0.2, 0.25) is 0 Å². The summed E-state index contributed by atoms with van der Waals surface area (Å²) in [6.45, 7) is -0.0483. The second kappa shape index (κ2) is 4.89. The van der Waals surface area contributed by atoms with Gasteiger partial charge in [-0.15, -0.1) is 4.91 Å². The van der Waals surface area contributed by atoms with Gasteiger partial charge >= 0.3 is 0 Å². The predicted octanol–water partition coefficient (Wildman–Crippen LogP) is 5.17. The normalized spacial score (nSPS) is 20.0. The van der Waals surface area contributed by atoms with Gasteiger partial charge < -0.3 is 4.74 Å². The van der Waals surface area contributed by atoms with Crippen LogP contribution >= 0.6 is 11.6 Å². The molecular weight excluding hydrogens is 326 g/mol. The van der Waals surface area contributed by atoms with Crippen LogP contribution in [0.4, 0.5) is 20.2 Å². The first-order chi connectivity index (χ1) is 11.0. The quantitative estimate of drug-likeness (QED) is 0.558. The lowest BCUT2D eigenvalue weighted by molar-refractivity contribution is 0.0857. The Balaban J connectivity index is 1.63. The molecule has 4 rings (SSSR count). The van der Waals surface area contributed by atoms with Gasteiger partial charge in [-0.05, 0) is 29.8 Å². The van der Waals surface area contributed by atoms with Crippen molar-refractivity contribution >= 4 is 23.0 Å². The third-order valence-electron chi connectivity index (χ3n) is 4.12. The molecule has 2 aromatic rings. The third kappa shape index (κ3) is 2.43. The number of alkyl halides is 2. The molecule has 1 heterocycles. The van der Waals surface area contributed by atoms with Gasteiger partial charge in [0.1, 0.15) is 5.75 Å². The standard InChI is InChI=1S/C16H11ClF2N2O2/c17-11-2-1-3-14(23-8-10-7-16(10,18)19)15(11)9-4-5-12-13(6-9)21(12)20-22/h1-6,10H,7-8H2. The summed E-state index contributed by atoms with van der Waals surface area (Å²) in [5.41, 5.74) is 2.82. The topological polar surface area (TPSA) is 41.7 Å². The number of rotatable bonds is 5. The van der Waals surface area contributed by atoms with Gasteiger partial charge in [0.25, 0.3) is 5.92 Å². The van der Waals surface area contributed by atoms with Crippen LogP contribution in [0, 0.1) is 10.8 Å². The van der Waals surface area contributed by atoms with E-state index in [1.807, 2.05) is 0 Å². The summed E-state index contributed by atoms with van der Waals surface area (Å²) >= 11 is 6.26. The maximum atomic E-state index is 13.0. The maximum Gasteiger partial charge on any atom is 0.255 e. The van der Waals surface area contributed by atoms with Crippen LogP contribution in [0.2, 0.25) is 5.02 Å². The number of nitroso groups, excluding NO2 is 1. The Hall–Kier alpha value is -2.21. The van der Waals surface area contributed by atoms with E-state index in [0.717, 1.165) is 11.3 Å². The van der Waals surface area contributed by atoms with Gasteiger partial charge in [0.15, 0.2) is 0 Å². The average molecular weight is 337 g/mol. The van der Waals surface area contributed by atoms with Crippen molar-refractivity contribution in [2.24, 2.45) is 11.2 Å². The molecule has 2 aliphatic rings. The molecule has 0 bridgehead atoms. The summed E-state index contributed by atoms with van der Waals surface area (Å²) in [6.07, 6.45) is -0.137. The van der Waals surface area contributed by atoms with Crippen molar-refractivity contribution in [3.63, 3.8) is 0 Å². The number of nitrogens with zero attached hydrogens (tertiary/aromatic N) is 2. The average Bonchev–Trinajstić information content (AvgIpc) is 3.38. The van der Waals surface area contributed by atoms with Crippen molar-refractivity contribution in [3.05, 3.63) is 46.3 Å². The summed E-state index contributed by atoms with van der Waals surface area (Å²) in [5, 5.41) is 4.59. The van der Waals surface area contributed by atoms with Crippen molar-refractivity contribution in [2.75, 3.05) is 11.6 Å². The minimum absolute atomic E-state index is 0.0483. The van der Waals surface area contributed by atoms with E-state index in [0.29, 0.717) is 22.0 Å². The highest BCUT2D eigenvalue weighted by atomic mass is 35.5. The van der Waals surface area contributed by atoms with Crippen LogP contribution in [0.1, 0.15) is 6.42 Å². The number of hydrogen-bond donors (Lipinski definition) is 0. The highest BCUT2D eigenvalue weighted by molar-refractivity contribution is 6.33. The summed E-state index contributed by atoms with van der Waals surface area (Å²) in [4.78, 5) is 10.6. The first-order valence-electron chi connectivity index (χ1n) is 7.08. The second-order valence-electron chi connectivity index (χ2n) is 5.68. The van der Waals surface area contributed by atoms with Crippen LogP contribution in [0.3, 0.4) is 0 Å². The van der Waals surface area contributed by atoms with Gasteiger partial charge in [0, 0.05) is 12.0 Å². The van der Waals surface area contributed by atoms with Crippen LogP contribution in [0.15, 0.2) is 41.7 Å². The van der Waals surface area contributed by atoms with Crippen molar-refractivity contribution in [3.8, 4) is 16.9 Å². The Labute approximate surface area is 135 Å². The number of hydrogen-bond acceptors (Lipinski definition) is 3. The molecule has 0 aromatic heterocycles. The van der Waals surface area contributed by atoms with Crippen LogP contribution in [0.5, 0.6) is 5.75 Å². The molecule has 118 valence electrons. The molecule has 1 fully saturated rings. The number of benzene rings is 2. The zero-order valence-electron chi connectivity index (χ0n) is 11.8. The van der Waals surface area contributed by atoms with Crippen molar-refractivity contribution < 1.29 is 13.5 Å². The van der Waals surface area contributed by atoms with Gasteiger partial charge in [-0.25, -0.2) is 8.78 Å². The summed E-state index contributed by atoms with van der Waals surface area (Å²) in [6, 6.07) is 10.4. The number of fused-ring (bicyclic) bond motifs is 1. The Morgan fingerprint density at radius 2 is 2.09 bits per heavy atom. The third-order valence-corrected chi connectivity index (χ3v) is 4.44. The molecule has 7 heteroatoms. The maximum absolute atomic E-state index is 13.0. The molecule has 0 radical (unpaired) electrons. The van der Waals surface area contributed by atoms with Gasteiger partial charge in [-0.1, -0.05) is 23.7 Å². The Bertz CT molecular complexity index is 813. The summed E-state index contributed by atoms with van der Waals surface area (Å²) < 4.78 is 31.6. The van der Waals surface area contributed by atoms with Crippen molar-refractivity contribution in [2.45, 2.75) is 12.3 Å². The Kier molecular flexibility index (Phi) is 3.06. The monoisotopic (exact) mass is 336 g/mol. The van der Waals surface area contributed by atoms with E-state index in [-0.39, 0.29) is 13.0 Å².